The Kier molecular flexibility index (Phi) is 7.50. The van der Waals surface area contributed by atoms with E-state index < -0.39 is 0 Å². The van der Waals surface area contributed by atoms with Crippen LogP contribution in [0.15, 0.2) is 29.3 Å². The van der Waals surface area contributed by atoms with Gasteiger partial charge in [-0.05, 0) is 30.4 Å². The van der Waals surface area contributed by atoms with E-state index in [0.717, 1.165) is 71.2 Å². The summed E-state index contributed by atoms with van der Waals surface area (Å²) >= 11 is 0. The molecule has 0 spiro atoms. The molecule has 1 aromatic rings. The number of guanidine groups is 1. The molecule has 6 heteroatoms. The molecule has 2 aliphatic rings. The van der Waals surface area contributed by atoms with Gasteiger partial charge in [0.1, 0.15) is 0 Å². The number of benzene rings is 1. The second kappa shape index (κ2) is 10.1. The van der Waals surface area contributed by atoms with E-state index in [1.807, 2.05) is 7.05 Å². The van der Waals surface area contributed by atoms with E-state index in [4.69, 9.17) is 4.74 Å². The number of piperidine rings is 1. The summed E-state index contributed by atoms with van der Waals surface area (Å²) in [5, 5.41) is 13.1. The van der Waals surface area contributed by atoms with Gasteiger partial charge < -0.3 is 20.1 Å². The molecule has 0 saturated carbocycles. The van der Waals surface area contributed by atoms with Gasteiger partial charge >= 0.3 is 0 Å². The first-order chi connectivity index (χ1) is 13.1. The quantitative estimate of drug-likeness (QED) is 0.586. The van der Waals surface area contributed by atoms with Crippen molar-refractivity contribution in [2.75, 3.05) is 46.9 Å². The largest absolute Gasteiger partial charge is 0.393 e. The summed E-state index contributed by atoms with van der Waals surface area (Å²) in [5.74, 6) is 1.53. The summed E-state index contributed by atoms with van der Waals surface area (Å²) in [5.41, 5.74) is 2.59. The molecule has 1 unspecified atom stereocenters. The highest BCUT2D eigenvalue weighted by molar-refractivity contribution is 5.79. The molecule has 2 aliphatic heterocycles. The van der Waals surface area contributed by atoms with E-state index >= 15 is 0 Å². The maximum atomic E-state index is 9.62. The number of ether oxygens (including phenoxy) is 1. The first-order valence-corrected chi connectivity index (χ1v) is 10.1. The smallest absolute Gasteiger partial charge is 0.193 e. The molecule has 27 heavy (non-hydrogen) atoms. The summed E-state index contributed by atoms with van der Waals surface area (Å²) in [6.45, 7) is 6.43. The molecule has 3 rings (SSSR count). The number of rotatable bonds is 6. The van der Waals surface area contributed by atoms with Crippen LogP contribution in [0.4, 0.5) is 0 Å². The molecule has 2 N–H and O–H groups in total. The average Bonchev–Trinajstić information content (AvgIpc) is 3.18. The standard InChI is InChI=1S/C21H34N4O2/c1-22-21(24(2)14-19-9-12-27-16-19)23-13-17-3-5-18(6-4-17)15-25-10-7-20(26)8-11-25/h3-6,19-20,26H,7-16H2,1-2H3,(H,22,23). The van der Waals surface area contributed by atoms with Crippen LogP contribution in [0.1, 0.15) is 30.4 Å². The third-order valence-corrected chi connectivity index (χ3v) is 5.57. The predicted molar refractivity (Wildman–Crippen MR) is 109 cm³/mol. The van der Waals surface area contributed by atoms with Crippen molar-refractivity contribution in [2.45, 2.75) is 38.5 Å². The molecule has 2 saturated heterocycles. The van der Waals surface area contributed by atoms with Crippen LogP contribution in [0.5, 0.6) is 0 Å². The van der Waals surface area contributed by atoms with Crippen LogP contribution in [0.25, 0.3) is 0 Å². The van der Waals surface area contributed by atoms with Crippen LogP contribution >= 0.6 is 0 Å². The Hall–Kier alpha value is -1.63. The van der Waals surface area contributed by atoms with Gasteiger partial charge in [0.2, 0.25) is 0 Å². The molecule has 1 atom stereocenters. The lowest BCUT2D eigenvalue weighted by Gasteiger charge is -2.29. The number of nitrogens with one attached hydrogen (secondary N) is 1. The van der Waals surface area contributed by atoms with Crippen molar-refractivity contribution in [3.63, 3.8) is 0 Å². The van der Waals surface area contributed by atoms with Crippen molar-refractivity contribution in [1.82, 2.24) is 15.1 Å². The van der Waals surface area contributed by atoms with Gasteiger partial charge in [-0.15, -0.1) is 0 Å². The van der Waals surface area contributed by atoms with Crippen LogP contribution in [-0.2, 0) is 17.8 Å². The SMILES string of the molecule is CN=C(NCc1ccc(CN2CCC(O)CC2)cc1)N(C)CC1CCOC1. The van der Waals surface area contributed by atoms with Gasteiger partial charge in [-0.25, -0.2) is 0 Å². The van der Waals surface area contributed by atoms with Gasteiger partial charge in [-0.1, -0.05) is 24.3 Å². The molecule has 0 aromatic heterocycles. The van der Waals surface area contributed by atoms with Crippen LogP contribution in [0, 0.1) is 5.92 Å². The average molecular weight is 375 g/mol. The molecule has 1 aromatic carbocycles. The molecular formula is C21H34N4O2. The van der Waals surface area contributed by atoms with Gasteiger partial charge in [0.25, 0.3) is 0 Å². The third kappa shape index (κ3) is 6.19. The number of hydrogen-bond acceptors (Lipinski definition) is 4. The Bertz CT molecular complexity index is 591. The first kappa shape index (κ1) is 20.1. The molecule has 0 radical (unpaired) electrons. The van der Waals surface area contributed by atoms with E-state index in [1.54, 1.807) is 0 Å². The Labute approximate surface area is 163 Å². The predicted octanol–water partition coefficient (Wildman–Crippen LogP) is 1.69. The van der Waals surface area contributed by atoms with Crippen LogP contribution in [0.2, 0.25) is 0 Å². The summed E-state index contributed by atoms with van der Waals surface area (Å²) in [7, 11) is 3.93. The molecule has 150 valence electrons. The summed E-state index contributed by atoms with van der Waals surface area (Å²) in [4.78, 5) is 9.02. The van der Waals surface area contributed by atoms with Crippen LogP contribution in [-0.4, -0.2) is 73.9 Å². The van der Waals surface area contributed by atoms with E-state index in [0.29, 0.717) is 5.92 Å². The fraction of sp³-hybridized carbons (Fsp3) is 0.667. The van der Waals surface area contributed by atoms with Crippen molar-refractivity contribution in [3.05, 3.63) is 35.4 Å². The zero-order valence-electron chi connectivity index (χ0n) is 16.7. The number of aliphatic hydroxyl groups is 1. The maximum absolute atomic E-state index is 9.62. The van der Waals surface area contributed by atoms with Gasteiger partial charge in [-0.3, -0.25) is 9.89 Å². The van der Waals surface area contributed by atoms with Gasteiger partial charge in [0.15, 0.2) is 5.96 Å². The summed E-state index contributed by atoms with van der Waals surface area (Å²) in [6.07, 6.45) is 2.81. The Balaban J connectivity index is 1.44. The summed E-state index contributed by atoms with van der Waals surface area (Å²) < 4.78 is 5.47. The zero-order valence-corrected chi connectivity index (χ0v) is 16.7. The van der Waals surface area contributed by atoms with Crippen molar-refractivity contribution in [1.29, 1.82) is 0 Å². The fourth-order valence-corrected chi connectivity index (χ4v) is 3.87. The first-order valence-electron chi connectivity index (χ1n) is 10.1. The van der Waals surface area contributed by atoms with E-state index in [2.05, 4.69) is 51.4 Å². The second-order valence-electron chi connectivity index (χ2n) is 7.83. The van der Waals surface area contributed by atoms with Crippen LogP contribution in [0.3, 0.4) is 0 Å². The minimum Gasteiger partial charge on any atom is -0.393 e. The van der Waals surface area contributed by atoms with Crippen LogP contribution < -0.4 is 5.32 Å². The minimum atomic E-state index is -0.108. The highest BCUT2D eigenvalue weighted by Crippen LogP contribution is 2.15. The minimum absolute atomic E-state index is 0.108. The number of likely N-dealkylation sites (tertiary alicyclic amines) is 1. The monoisotopic (exact) mass is 374 g/mol. The van der Waals surface area contributed by atoms with E-state index in [1.165, 1.54) is 11.1 Å². The molecule has 2 heterocycles. The highest BCUT2D eigenvalue weighted by atomic mass is 16.5. The van der Waals surface area contributed by atoms with Gasteiger partial charge in [-0.2, -0.15) is 0 Å². The Morgan fingerprint density at radius 1 is 1.22 bits per heavy atom. The van der Waals surface area contributed by atoms with E-state index in [-0.39, 0.29) is 6.10 Å². The van der Waals surface area contributed by atoms with Crippen molar-refractivity contribution in [2.24, 2.45) is 10.9 Å². The number of aliphatic imine (C=N–C) groups is 1. The normalized spacial score (nSPS) is 22.2. The lowest BCUT2D eigenvalue weighted by molar-refractivity contribution is 0.0792. The lowest BCUT2D eigenvalue weighted by atomic mass is 10.1. The third-order valence-electron chi connectivity index (χ3n) is 5.57. The summed E-state index contributed by atoms with van der Waals surface area (Å²) in [6, 6.07) is 8.81. The Morgan fingerprint density at radius 3 is 2.56 bits per heavy atom. The maximum Gasteiger partial charge on any atom is 0.193 e. The van der Waals surface area contributed by atoms with Crippen molar-refractivity contribution < 1.29 is 9.84 Å². The molecule has 0 amide bonds. The highest BCUT2D eigenvalue weighted by Gasteiger charge is 2.19. The van der Waals surface area contributed by atoms with Crippen molar-refractivity contribution >= 4 is 5.96 Å². The van der Waals surface area contributed by atoms with E-state index in [9.17, 15) is 5.11 Å². The van der Waals surface area contributed by atoms with Gasteiger partial charge in [0.05, 0.1) is 12.7 Å². The second-order valence-corrected chi connectivity index (χ2v) is 7.83. The molecule has 0 aliphatic carbocycles. The topological polar surface area (TPSA) is 60.3 Å². The molecule has 0 bridgehead atoms. The fourth-order valence-electron chi connectivity index (χ4n) is 3.87. The number of hydrogen-bond donors (Lipinski definition) is 2. The Morgan fingerprint density at radius 2 is 1.93 bits per heavy atom. The number of aliphatic hydroxyl groups excluding tert-OH is 1. The molecule has 6 nitrogen and oxygen atoms in total. The molecular weight excluding hydrogens is 340 g/mol. The van der Waals surface area contributed by atoms with Crippen molar-refractivity contribution in [3.8, 4) is 0 Å². The lowest BCUT2D eigenvalue weighted by Crippen LogP contribution is -2.41. The molecule has 2 fully saturated rings. The van der Waals surface area contributed by atoms with Gasteiger partial charge in [0, 0.05) is 59.3 Å². The number of nitrogens with zero attached hydrogens (tertiary/aromatic N) is 3. The zero-order chi connectivity index (χ0) is 19.1.